The lowest BCUT2D eigenvalue weighted by Crippen LogP contribution is -2.30. The first-order chi connectivity index (χ1) is 10.1. The highest BCUT2D eigenvalue weighted by molar-refractivity contribution is 7.91. The number of aryl methyl sites for hydroxylation is 1. The standard InChI is InChI=1S/C15H18N2O2S2/c16-10-12-8-9-15(20-12)21(18,19)17-14-7-3-5-11-4-1-2-6-13(11)14/h1-2,4,6,8-9,14,17H,3,5,7,10,16H2. The van der Waals surface area contributed by atoms with Crippen LogP contribution in [0.25, 0.3) is 0 Å². The summed E-state index contributed by atoms with van der Waals surface area (Å²) in [6, 6.07) is 11.3. The predicted octanol–water partition coefficient (Wildman–Crippen LogP) is 2.56. The van der Waals surface area contributed by atoms with Crippen LogP contribution in [0, 0.1) is 0 Å². The third kappa shape index (κ3) is 3.03. The second-order valence-corrected chi connectivity index (χ2v) is 8.30. The molecule has 0 aliphatic heterocycles. The number of benzene rings is 1. The molecule has 1 unspecified atom stereocenters. The molecule has 2 aromatic rings. The van der Waals surface area contributed by atoms with E-state index in [-0.39, 0.29) is 6.04 Å². The van der Waals surface area contributed by atoms with Gasteiger partial charge < -0.3 is 5.73 Å². The van der Waals surface area contributed by atoms with Crippen LogP contribution >= 0.6 is 11.3 Å². The molecule has 3 rings (SSSR count). The van der Waals surface area contributed by atoms with Crippen LogP contribution in [0.5, 0.6) is 0 Å². The molecule has 1 aromatic heterocycles. The Labute approximate surface area is 129 Å². The van der Waals surface area contributed by atoms with Crippen LogP contribution in [0.3, 0.4) is 0 Å². The maximum Gasteiger partial charge on any atom is 0.250 e. The molecule has 1 aliphatic carbocycles. The summed E-state index contributed by atoms with van der Waals surface area (Å²) in [6.07, 6.45) is 2.86. The minimum absolute atomic E-state index is 0.136. The van der Waals surface area contributed by atoms with Crippen molar-refractivity contribution >= 4 is 21.4 Å². The molecule has 0 bridgehead atoms. The summed E-state index contributed by atoms with van der Waals surface area (Å²) in [4.78, 5) is 0.874. The van der Waals surface area contributed by atoms with E-state index in [0.29, 0.717) is 10.8 Å². The number of fused-ring (bicyclic) bond motifs is 1. The first kappa shape index (κ1) is 14.7. The zero-order chi connectivity index (χ0) is 14.9. The zero-order valence-corrected chi connectivity index (χ0v) is 13.2. The Morgan fingerprint density at radius 3 is 2.81 bits per heavy atom. The van der Waals surface area contributed by atoms with Gasteiger partial charge in [0, 0.05) is 17.5 Å². The van der Waals surface area contributed by atoms with E-state index in [1.165, 1.54) is 16.9 Å². The molecule has 0 saturated heterocycles. The van der Waals surface area contributed by atoms with Crippen LogP contribution in [-0.4, -0.2) is 8.42 Å². The Hall–Kier alpha value is -1.21. The van der Waals surface area contributed by atoms with Gasteiger partial charge in [-0.15, -0.1) is 11.3 Å². The van der Waals surface area contributed by atoms with Crippen molar-refractivity contribution in [3.63, 3.8) is 0 Å². The molecule has 0 spiro atoms. The molecule has 0 saturated carbocycles. The van der Waals surface area contributed by atoms with E-state index in [0.717, 1.165) is 29.7 Å². The van der Waals surface area contributed by atoms with Gasteiger partial charge in [-0.1, -0.05) is 24.3 Å². The van der Waals surface area contributed by atoms with Crippen molar-refractivity contribution < 1.29 is 8.42 Å². The minimum atomic E-state index is -3.48. The van der Waals surface area contributed by atoms with Gasteiger partial charge in [0.15, 0.2) is 0 Å². The third-order valence-corrected chi connectivity index (χ3v) is 6.84. The van der Waals surface area contributed by atoms with Crippen LogP contribution in [0.2, 0.25) is 0 Å². The highest BCUT2D eigenvalue weighted by atomic mass is 32.2. The Kier molecular flexibility index (Phi) is 4.12. The van der Waals surface area contributed by atoms with Crippen LogP contribution in [-0.2, 0) is 23.0 Å². The largest absolute Gasteiger partial charge is 0.326 e. The summed E-state index contributed by atoms with van der Waals surface area (Å²) < 4.78 is 28.2. The molecule has 1 aromatic carbocycles. The Bertz CT molecular complexity index is 738. The first-order valence-electron chi connectivity index (χ1n) is 6.99. The highest BCUT2D eigenvalue weighted by Crippen LogP contribution is 2.31. The second kappa shape index (κ2) is 5.88. The molecular weight excluding hydrogens is 304 g/mol. The Balaban J connectivity index is 1.86. The van der Waals surface area contributed by atoms with Crippen LogP contribution in [0.4, 0.5) is 0 Å². The average molecular weight is 322 g/mol. The van der Waals surface area contributed by atoms with Crippen molar-refractivity contribution in [1.82, 2.24) is 4.72 Å². The summed E-state index contributed by atoms with van der Waals surface area (Å²) >= 11 is 1.23. The highest BCUT2D eigenvalue weighted by Gasteiger charge is 2.26. The topological polar surface area (TPSA) is 72.2 Å². The first-order valence-corrected chi connectivity index (χ1v) is 9.29. The number of thiophene rings is 1. The fraction of sp³-hybridized carbons (Fsp3) is 0.333. The van der Waals surface area contributed by atoms with Crippen LogP contribution < -0.4 is 10.5 Å². The van der Waals surface area contributed by atoms with Gasteiger partial charge in [0.25, 0.3) is 10.0 Å². The van der Waals surface area contributed by atoms with E-state index in [4.69, 9.17) is 5.73 Å². The number of hydrogen-bond donors (Lipinski definition) is 2. The average Bonchev–Trinajstić information content (AvgIpc) is 2.97. The molecule has 6 heteroatoms. The molecule has 3 N–H and O–H groups in total. The van der Waals surface area contributed by atoms with E-state index < -0.39 is 10.0 Å². The maximum atomic E-state index is 12.5. The molecule has 4 nitrogen and oxygen atoms in total. The van der Waals surface area contributed by atoms with Crippen molar-refractivity contribution in [1.29, 1.82) is 0 Å². The minimum Gasteiger partial charge on any atom is -0.326 e. The summed E-state index contributed by atoms with van der Waals surface area (Å²) in [7, 11) is -3.48. The zero-order valence-electron chi connectivity index (χ0n) is 11.6. The van der Waals surface area contributed by atoms with Gasteiger partial charge in [0.2, 0.25) is 0 Å². The van der Waals surface area contributed by atoms with Gasteiger partial charge in [-0.3, -0.25) is 0 Å². The summed E-state index contributed by atoms with van der Waals surface area (Å²) in [5.74, 6) is 0. The summed E-state index contributed by atoms with van der Waals surface area (Å²) in [5, 5.41) is 0. The lowest BCUT2D eigenvalue weighted by atomic mass is 9.88. The van der Waals surface area contributed by atoms with E-state index in [2.05, 4.69) is 10.8 Å². The van der Waals surface area contributed by atoms with E-state index in [1.54, 1.807) is 12.1 Å². The van der Waals surface area contributed by atoms with Crippen LogP contribution in [0.15, 0.2) is 40.6 Å². The Morgan fingerprint density at radius 2 is 2.05 bits per heavy atom. The van der Waals surface area contributed by atoms with Gasteiger partial charge in [0.05, 0.1) is 0 Å². The quantitative estimate of drug-likeness (QED) is 0.908. The van der Waals surface area contributed by atoms with Crippen molar-refractivity contribution in [3.8, 4) is 0 Å². The van der Waals surface area contributed by atoms with Crippen molar-refractivity contribution in [2.45, 2.75) is 36.1 Å². The third-order valence-electron chi connectivity index (χ3n) is 3.77. The van der Waals surface area contributed by atoms with Crippen molar-refractivity contribution in [2.75, 3.05) is 0 Å². The van der Waals surface area contributed by atoms with E-state index >= 15 is 0 Å². The number of sulfonamides is 1. The fourth-order valence-corrected chi connectivity index (χ4v) is 5.24. The smallest absolute Gasteiger partial charge is 0.250 e. The molecule has 21 heavy (non-hydrogen) atoms. The molecule has 1 atom stereocenters. The SMILES string of the molecule is NCc1ccc(S(=O)(=O)NC2CCCc3ccccc32)s1. The lowest BCUT2D eigenvalue weighted by Gasteiger charge is -2.25. The summed E-state index contributed by atoms with van der Waals surface area (Å²) in [5.41, 5.74) is 7.89. The number of nitrogens with one attached hydrogen (secondary N) is 1. The van der Waals surface area contributed by atoms with Gasteiger partial charge in [0.1, 0.15) is 4.21 Å². The molecule has 0 fully saturated rings. The molecule has 1 aliphatic rings. The Morgan fingerprint density at radius 1 is 1.24 bits per heavy atom. The van der Waals surface area contributed by atoms with Crippen molar-refractivity contribution in [3.05, 3.63) is 52.4 Å². The summed E-state index contributed by atoms with van der Waals surface area (Å²) in [6.45, 7) is 0.368. The normalized spacial score (nSPS) is 18.4. The fourth-order valence-electron chi connectivity index (χ4n) is 2.73. The van der Waals surface area contributed by atoms with Crippen LogP contribution in [0.1, 0.15) is 34.9 Å². The molecule has 112 valence electrons. The number of rotatable bonds is 4. The molecular formula is C15H18N2O2S2. The maximum absolute atomic E-state index is 12.5. The molecule has 0 radical (unpaired) electrons. The second-order valence-electron chi connectivity index (χ2n) is 5.19. The van der Waals surface area contributed by atoms with Gasteiger partial charge in [-0.2, -0.15) is 0 Å². The number of nitrogens with two attached hydrogens (primary N) is 1. The molecule has 0 amide bonds. The number of hydrogen-bond acceptors (Lipinski definition) is 4. The van der Waals surface area contributed by atoms with Gasteiger partial charge in [-0.05, 0) is 42.5 Å². The van der Waals surface area contributed by atoms with Crippen molar-refractivity contribution in [2.24, 2.45) is 5.73 Å². The monoisotopic (exact) mass is 322 g/mol. The van der Waals surface area contributed by atoms with E-state index in [9.17, 15) is 8.42 Å². The van der Waals surface area contributed by atoms with Gasteiger partial charge >= 0.3 is 0 Å². The van der Waals surface area contributed by atoms with E-state index in [1.807, 2.05) is 18.2 Å². The van der Waals surface area contributed by atoms with Gasteiger partial charge in [-0.25, -0.2) is 13.1 Å². The molecule has 1 heterocycles. The predicted molar refractivity (Wildman–Crippen MR) is 84.7 cm³/mol. The lowest BCUT2D eigenvalue weighted by molar-refractivity contribution is 0.508.